The number of carbonyl (C=O) groups is 1. The molecule has 31 heavy (non-hydrogen) atoms. The van der Waals surface area contributed by atoms with Crippen LogP contribution in [-0.4, -0.2) is 39.4 Å². The van der Waals surface area contributed by atoms with Crippen molar-refractivity contribution in [2.24, 2.45) is 5.92 Å². The highest BCUT2D eigenvalue weighted by molar-refractivity contribution is 5.76. The van der Waals surface area contributed by atoms with Gasteiger partial charge in [0.1, 0.15) is 11.9 Å². The van der Waals surface area contributed by atoms with E-state index >= 15 is 0 Å². The van der Waals surface area contributed by atoms with Crippen molar-refractivity contribution in [1.82, 2.24) is 14.1 Å². The highest BCUT2D eigenvalue weighted by atomic mass is 16.5. The van der Waals surface area contributed by atoms with Crippen LogP contribution in [0.4, 0.5) is 0 Å². The van der Waals surface area contributed by atoms with Gasteiger partial charge in [-0.05, 0) is 49.4 Å². The Morgan fingerprint density at radius 2 is 1.87 bits per heavy atom. The third-order valence-corrected chi connectivity index (χ3v) is 5.42. The molecule has 0 saturated heterocycles. The number of pyridine rings is 1. The second kappa shape index (κ2) is 9.24. The van der Waals surface area contributed by atoms with E-state index in [1.165, 1.54) is 4.57 Å². The smallest absolute Gasteiger partial charge is 0.326 e. The summed E-state index contributed by atoms with van der Waals surface area (Å²) >= 11 is 0. The lowest BCUT2D eigenvalue weighted by molar-refractivity contribution is -0.141. The van der Waals surface area contributed by atoms with Crippen LogP contribution in [-0.2, 0) is 17.8 Å². The van der Waals surface area contributed by atoms with Crippen LogP contribution in [0.3, 0.4) is 0 Å². The minimum atomic E-state index is -1.01. The van der Waals surface area contributed by atoms with E-state index in [4.69, 9.17) is 9.47 Å². The van der Waals surface area contributed by atoms with Gasteiger partial charge >= 0.3 is 5.97 Å². The maximum absolute atomic E-state index is 13.0. The van der Waals surface area contributed by atoms with Crippen LogP contribution in [0.5, 0.6) is 11.5 Å². The number of fused-ring (bicyclic) bond motifs is 1. The minimum absolute atomic E-state index is 0.143. The van der Waals surface area contributed by atoms with Crippen molar-refractivity contribution in [3.05, 3.63) is 52.2 Å². The van der Waals surface area contributed by atoms with Gasteiger partial charge in [0.15, 0.2) is 17.0 Å². The first-order valence-corrected chi connectivity index (χ1v) is 10.3. The van der Waals surface area contributed by atoms with Crippen molar-refractivity contribution in [2.75, 3.05) is 14.2 Å². The van der Waals surface area contributed by atoms with Crippen LogP contribution in [0.2, 0.25) is 0 Å². The maximum atomic E-state index is 13.0. The molecule has 3 aromatic rings. The lowest BCUT2D eigenvalue weighted by Gasteiger charge is -2.17. The Morgan fingerprint density at radius 1 is 1.16 bits per heavy atom. The lowest BCUT2D eigenvalue weighted by Crippen LogP contribution is -2.30. The van der Waals surface area contributed by atoms with E-state index in [1.807, 2.05) is 43.5 Å². The molecule has 8 nitrogen and oxygen atoms in total. The summed E-state index contributed by atoms with van der Waals surface area (Å²) in [5.41, 5.74) is 1.68. The fourth-order valence-corrected chi connectivity index (χ4v) is 3.83. The number of rotatable bonds is 9. The molecule has 0 radical (unpaired) electrons. The van der Waals surface area contributed by atoms with Crippen LogP contribution in [0.25, 0.3) is 11.0 Å². The van der Waals surface area contributed by atoms with Crippen molar-refractivity contribution < 1.29 is 19.4 Å². The van der Waals surface area contributed by atoms with Crippen molar-refractivity contribution in [2.45, 2.75) is 46.2 Å². The third-order valence-electron chi connectivity index (χ3n) is 5.42. The average Bonchev–Trinajstić information content (AvgIpc) is 3.06. The molecular weight excluding hydrogens is 398 g/mol. The molecule has 166 valence electrons. The van der Waals surface area contributed by atoms with Gasteiger partial charge in [0.25, 0.3) is 5.56 Å². The number of aliphatic carboxylic acids is 1. The molecule has 3 rings (SSSR count). The zero-order chi connectivity index (χ0) is 22.7. The Labute approximate surface area is 181 Å². The van der Waals surface area contributed by atoms with E-state index in [0.29, 0.717) is 47.7 Å². The molecule has 2 aromatic heterocycles. The third kappa shape index (κ3) is 4.57. The number of carboxylic acid groups (broad SMARTS) is 1. The number of benzene rings is 1. The van der Waals surface area contributed by atoms with Gasteiger partial charge in [-0.1, -0.05) is 19.9 Å². The molecule has 0 unspecified atom stereocenters. The fraction of sp³-hybridized carbons (Fsp3) is 0.435. The second-order valence-corrected chi connectivity index (χ2v) is 8.00. The van der Waals surface area contributed by atoms with Gasteiger partial charge < -0.3 is 19.1 Å². The summed E-state index contributed by atoms with van der Waals surface area (Å²) in [6, 6.07) is 6.65. The van der Waals surface area contributed by atoms with E-state index in [-0.39, 0.29) is 11.5 Å². The summed E-state index contributed by atoms with van der Waals surface area (Å²) in [6.45, 7) is 6.34. The van der Waals surface area contributed by atoms with E-state index < -0.39 is 12.0 Å². The van der Waals surface area contributed by atoms with Crippen molar-refractivity contribution >= 4 is 17.0 Å². The molecule has 0 aliphatic carbocycles. The van der Waals surface area contributed by atoms with Gasteiger partial charge in [0.2, 0.25) is 0 Å². The standard InChI is InChI=1S/C23H29N3O5/c1-14(2)12-18(23(28)29)26-11-9-17-21(22(26)27)24-15(3)25(17)10-8-16-6-7-19(30-4)20(13-16)31-5/h6-7,9,11,13-14,18H,8,10,12H2,1-5H3,(H,28,29)/t18-/m0/s1. The Morgan fingerprint density at radius 3 is 2.48 bits per heavy atom. The van der Waals surface area contributed by atoms with Crippen LogP contribution in [0.1, 0.15) is 37.7 Å². The molecular formula is C23H29N3O5. The van der Waals surface area contributed by atoms with Crippen molar-refractivity contribution in [3.63, 3.8) is 0 Å². The molecule has 0 amide bonds. The largest absolute Gasteiger partial charge is 0.493 e. The topological polar surface area (TPSA) is 95.6 Å². The maximum Gasteiger partial charge on any atom is 0.326 e. The van der Waals surface area contributed by atoms with Crippen LogP contribution in [0.15, 0.2) is 35.3 Å². The molecule has 1 atom stereocenters. The predicted octanol–water partition coefficient (Wildman–Crippen LogP) is 3.44. The number of methoxy groups -OCH3 is 2. The summed E-state index contributed by atoms with van der Waals surface area (Å²) in [6.07, 6.45) is 2.65. The second-order valence-electron chi connectivity index (χ2n) is 8.00. The number of nitrogens with zero attached hydrogens (tertiary/aromatic N) is 3. The first kappa shape index (κ1) is 22.4. The molecule has 0 bridgehead atoms. The summed E-state index contributed by atoms with van der Waals surface area (Å²) in [5.74, 6) is 1.18. The Bertz CT molecular complexity index is 1150. The van der Waals surface area contributed by atoms with Crippen molar-refractivity contribution in [3.8, 4) is 11.5 Å². The summed E-state index contributed by atoms with van der Waals surface area (Å²) in [4.78, 5) is 29.3. The Kier molecular flexibility index (Phi) is 6.68. The monoisotopic (exact) mass is 427 g/mol. The number of hydrogen-bond donors (Lipinski definition) is 1. The molecule has 0 saturated carbocycles. The van der Waals surface area contributed by atoms with Gasteiger partial charge in [-0.3, -0.25) is 9.36 Å². The zero-order valence-electron chi connectivity index (χ0n) is 18.6. The zero-order valence-corrected chi connectivity index (χ0v) is 18.6. The van der Waals surface area contributed by atoms with E-state index in [0.717, 1.165) is 5.56 Å². The molecule has 1 aromatic carbocycles. The summed E-state index contributed by atoms with van der Waals surface area (Å²) in [7, 11) is 3.20. The summed E-state index contributed by atoms with van der Waals surface area (Å²) in [5, 5.41) is 9.62. The molecule has 8 heteroatoms. The van der Waals surface area contributed by atoms with Gasteiger partial charge in [-0.2, -0.15) is 0 Å². The summed E-state index contributed by atoms with van der Waals surface area (Å²) < 4.78 is 13.9. The van der Waals surface area contributed by atoms with Crippen LogP contribution >= 0.6 is 0 Å². The Hall–Kier alpha value is -3.29. The van der Waals surface area contributed by atoms with Gasteiger partial charge in [-0.25, -0.2) is 9.78 Å². The average molecular weight is 428 g/mol. The quantitative estimate of drug-likeness (QED) is 0.562. The van der Waals surface area contributed by atoms with Gasteiger partial charge in [0, 0.05) is 12.7 Å². The van der Waals surface area contributed by atoms with E-state index in [2.05, 4.69) is 4.98 Å². The molecule has 0 aliphatic rings. The van der Waals surface area contributed by atoms with Crippen molar-refractivity contribution in [1.29, 1.82) is 0 Å². The first-order chi connectivity index (χ1) is 14.8. The van der Waals surface area contributed by atoms with Crippen LogP contribution < -0.4 is 15.0 Å². The molecule has 0 aliphatic heterocycles. The fourth-order valence-electron chi connectivity index (χ4n) is 3.83. The number of aromatic nitrogens is 3. The molecule has 2 heterocycles. The number of aryl methyl sites for hydroxylation is 3. The van der Waals surface area contributed by atoms with Gasteiger partial charge in [-0.15, -0.1) is 0 Å². The number of imidazole rings is 1. The number of carboxylic acids is 1. The van der Waals surface area contributed by atoms with E-state index in [9.17, 15) is 14.7 Å². The number of hydrogen-bond acceptors (Lipinski definition) is 5. The predicted molar refractivity (Wildman–Crippen MR) is 118 cm³/mol. The highest BCUT2D eigenvalue weighted by Crippen LogP contribution is 2.28. The SMILES string of the molecule is COc1ccc(CCn2c(C)nc3c(=O)n([C@@H](CC(C)C)C(=O)O)ccc32)cc1OC. The molecule has 0 fully saturated rings. The molecule has 0 spiro atoms. The normalized spacial score (nSPS) is 12.3. The first-order valence-electron chi connectivity index (χ1n) is 10.3. The minimum Gasteiger partial charge on any atom is -0.493 e. The number of ether oxygens (including phenoxy) is 2. The van der Waals surface area contributed by atoms with Crippen LogP contribution in [0, 0.1) is 12.8 Å². The molecule has 1 N–H and O–H groups in total. The van der Waals surface area contributed by atoms with Gasteiger partial charge in [0.05, 0.1) is 19.7 Å². The highest BCUT2D eigenvalue weighted by Gasteiger charge is 2.24. The Balaban J connectivity index is 1.93. The lowest BCUT2D eigenvalue weighted by atomic mass is 10.0. The van der Waals surface area contributed by atoms with E-state index in [1.54, 1.807) is 26.5 Å².